The molecule has 0 aliphatic carbocycles. The van der Waals surface area contributed by atoms with Crippen molar-refractivity contribution in [2.45, 2.75) is 20.4 Å². The van der Waals surface area contributed by atoms with Gasteiger partial charge in [0.25, 0.3) is 5.91 Å². The Balaban J connectivity index is 2.29. The molecule has 0 aromatic carbocycles. The van der Waals surface area contributed by atoms with E-state index in [1.807, 2.05) is 36.6 Å². The zero-order valence-electron chi connectivity index (χ0n) is 10.7. The van der Waals surface area contributed by atoms with Gasteiger partial charge in [0.15, 0.2) is 0 Å². The highest BCUT2D eigenvalue weighted by Crippen LogP contribution is 2.17. The molecule has 0 aliphatic rings. The van der Waals surface area contributed by atoms with Crippen molar-refractivity contribution >= 4 is 5.91 Å². The van der Waals surface area contributed by atoms with Gasteiger partial charge in [-0.3, -0.25) is 9.63 Å². The lowest BCUT2D eigenvalue weighted by Gasteiger charge is -2.07. The fourth-order valence-electron chi connectivity index (χ4n) is 1.98. The lowest BCUT2D eigenvalue weighted by molar-refractivity contribution is 0.0537. The van der Waals surface area contributed by atoms with Gasteiger partial charge in [-0.15, -0.1) is 0 Å². The Bertz CT molecular complexity index is 541. The van der Waals surface area contributed by atoms with Crippen molar-refractivity contribution in [1.29, 1.82) is 0 Å². The zero-order valence-corrected chi connectivity index (χ0v) is 10.7. The van der Waals surface area contributed by atoms with Gasteiger partial charge in [-0.2, -0.15) is 0 Å². The minimum absolute atomic E-state index is 0.240. The van der Waals surface area contributed by atoms with Crippen molar-refractivity contribution in [3.8, 4) is 0 Å². The summed E-state index contributed by atoms with van der Waals surface area (Å²) in [6.45, 7) is 4.48. The molecular weight excluding hydrogens is 232 g/mol. The third-order valence-electron chi connectivity index (χ3n) is 2.91. The van der Waals surface area contributed by atoms with Gasteiger partial charge in [0.05, 0.1) is 25.5 Å². The first-order chi connectivity index (χ1) is 8.63. The maximum atomic E-state index is 11.8. The second-order valence-corrected chi connectivity index (χ2v) is 4.09. The summed E-state index contributed by atoms with van der Waals surface area (Å²) in [5.41, 5.74) is 4.83. The van der Waals surface area contributed by atoms with Crippen LogP contribution in [-0.4, -0.2) is 17.6 Å². The van der Waals surface area contributed by atoms with Crippen LogP contribution in [0.15, 0.2) is 28.9 Å². The standard InChI is InChI=1S/C13H16N2O3/c1-9-7-12(13(16)14-17-3)10(2)15(9)8-11-5-4-6-18-11/h4-7H,8H2,1-3H3,(H,14,16). The van der Waals surface area contributed by atoms with E-state index in [0.29, 0.717) is 12.1 Å². The van der Waals surface area contributed by atoms with Gasteiger partial charge in [-0.25, -0.2) is 5.48 Å². The van der Waals surface area contributed by atoms with E-state index in [2.05, 4.69) is 10.3 Å². The quantitative estimate of drug-likeness (QED) is 0.842. The molecule has 0 radical (unpaired) electrons. The van der Waals surface area contributed by atoms with E-state index in [-0.39, 0.29) is 5.91 Å². The average Bonchev–Trinajstić information content (AvgIpc) is 2.93. The lowest BCUT2D eigenvalue weighted by atomic mass is 10.2. The average molecular weight is 248 g/mol. The van der Waals surface area contributed by atoms with Crippen molar-refractivity contribution in [3.05, 3.63) is 47.2 Å². The van der Waals surface area contributed by atoms with Gasteiger partial charge in [-0.05, 0) is 32.0 Å². The van der Waals surface area contributed by atoms with Crippen LogP contribution >= 0.6 is 0 Å². The summed E-state index contributed by atoms with van der Waals surface area (Å²) in [6, 6.07) is 5.60. The number of rotatable bonds is 4. The lowest BCUT2D eigenvalue weighted by Crippen LogP contribution is -2.22. The normalized spacial score (nSPS) is 10.6. The largest absolute Gasteiger partial charge is 0.467 e. The molecule has 0 atom stereocenters. The molecule has 2 aromatic rings. The van der Waals surface area contributed by atoms with Gasteiger partial charge >= 0.3 is 0 Å². The minimum Gasteiger partial charge on any atom is -0.467 e. The van der Waals surface area contributed by atoms with Crippen LogP contribution in [0.4, 0.5) is 0 Å². The second kappa shape index (κ2) is 5.10. The number of nitrogens with one attached hydrogen (secondary N) is 1. The fourth-order valence-corrected chi connectivity index (χ4v) is 1.98. The third kappa shape index (κ3) is 2.31. The fraction of sp³-hybridized carbons (Fsp3) is 0.308. The summed E-state index contributed by atoms with van der Waals surface area (Å²) in [6.07, 6.45) is 1.64. The second-order valence-electron chi connectivity index (χ2n) is 4.09. The molecule has 1 N–H and O–H groups in total. The number of carbonyl (C=O) groups excluding carboxylic acids is 1. The Morgan fingerprint density at radius 1 is 1.50 bits per heavy atom. The summed E-state index contributed by atoms with van der Waals surface area (Å²) in [5.74, 6) is 0.617. The van der Waals surface area contributed by atoms with Gasteiger partial charge < -0.3 is 8.98 Å². The Morgan fingerprint density at radius 3 is 2.89 bits per heavy atom. The Kier molecular flexibility index (Phi) is 3.53. The SMILES string of the molecule is CONC(=O)c1cc(C)n(Cc2ccco2)c1C. The summed E-state index contributed by atoms with van der Waals surface area (Å²) in [4.78, 5) is 16.4. The molecule has 18 heavy (non-hydrogen) atoms. The van der Waals surface area contributed by atoms with Crippen molar-refractivity contribution in [1.82, 2.24) is 10.0 Å². The first-order valence-corrected chi connectivity index (χ1v) is 5.66. The molecule has 0 fully saturated rings. The summed E-state index contributed by atoms with van der Waals surface area (Å²) < 4.78 is 7.35. The van der Waals surface area contributed by atoms with Gasteiger partial charge in [0.2, 0.25) is 0 Å². The molecule has 0 spiro atoms. The first-order valence-electron chi connectivity index (χ1n) is 5.66. The summed E-state index contributed by atoms with van der Waals surface area (Å²) in [7, 11) is 1.42. The molecule has 0 unspecified atom stereocenters. The van der Waals surface area contributed by atoms with Crippen LogP contribution in [0.3, 0.4) is 0 Å². The number of hydrogen-bond acceptors (Lipinski definition) is 3. The Hall–Kier alpha value is -2.01. The number of hydroxylamine groups is 1. The van der Waals surface area contributed by atoms with E-state index in [9.17, 15) is 4.79 Å². The highest BCUT2D eigenvalue weighted by atomic mass is 16.6. The predicted molar refractivity (Wildman–Crippen MR) is 66.2 cm³/mol. The summed E-state index contributed by atoms with van der Waals surface area (Å²) in [5, 5.41) is 0. The maximum absolute atomic E-state index is 11.8. The predicted octanol–water partition coefficient (Wildman–Crippen LogP) is 2.04. The Morgan fingerprint density at radius 2 is 2.28 bits per heavy atom. The molecule has 2 aromatic heterocycles. The first kappa shape index (κ1) is 12.4. The zero-order chi connectivity index (χ0) is 13.1. The minimum atomic E-state index is -0.240. The van der Waals surface area contributed by atoms with Gasteiger partial charge in [-0.1, -0.05) is 0 Å². The van der Waals surface area contributed by atoms with Crippen molar-refractivity contribution in [3.63, 3.8) is 0 Å². The van der Waals surface area contributed by atoms with Crippen LogP contribution in [0, 0.1) is 13.8 Å². The van der Waals surface area contributed by atoms with Crippen molar-refractivity contribution in [2.75, 3.05) is 7.11 Å². The van der Waals surface area contributed by atoms with Crippen LogP contribution in [0.25, 0.3) is 0 Å². The molecule has 0 aliphatic heterocycles. The number of carbonyl (C=O) groups is 1. The number of amides is 1. The van der Waals surface area contributed by atoms with E-state index >= 15 is 0 Å². The number of nitrogens with zero attached hydrogens (tertiary/aromatic N) is 1. The van der Waals surface area contributed by atoms with E-state index in [0.717, 1.165) is 17.1 Å². The smallest absolute Gasteiger partial charge is 0.276 e. The van der Waals surface area contributed by atoms with Crippen molar-refractivity contribution in [2.24, 2.45) is 0 Å². The molecule has 0 saturated carbocycles. The molecule has 2 heterocycles. The van der Waals surface area contributed by atoms with E-state index in [1.165, 1.54) is 7.11 Å². The molecule has 5 heteroatoms. The maximum Gasteiger partial charge on any atom is 0.276 e. The topological polar surface area (TPSA) is 56.4 Å². The molecular formula is C13H16N2O3. The van der Waals surface area contributed by atoms with Crippen LogP contribution in [0.2, 0.25) is 0 Å². The molecule has 1 amide bonds. The number of hydrogen-bond donors (Lipinski definition) is 1. The number of aromatic nitrogens is 1. The van der Waals surface area contributed by atoms with Crippen LogP contribution in [0.5, 0.6) is 0 Å². The van der Waals surface area contributed by atoms with Gasteiger partial charge in [0.1, 0.15) is 5.76 Å². The van der Waals surface area contributed by atoms with Crippen LogP contribution in [-0.2, 0) is 11.4 Å². The van der Waals surface area contributed by atoms with Crippen LogP contribution < -0.4 is 5.48 Å². The Labute approximate surface area is 105 Å². The highest BCUT2D eigenvalue weighted by Gasteiger charge is 2.16. The van der Waals surface area contributed by atoms with E-state index in [1.54, 1.807) is 6.26 Å². The van der Waals surface area contributed by atoms with Gasteiger partial charge in [0, 0.05) is 11.4 Å². The third-order valence-corrected chi connectivity index (χ3v) is 2.91. The summed E-state index contributed by atoms with van der Waals surface area (Å²) >= 11 is 0. The molecule has 0 saturated heterocycles. The number of furan rings is 1. The molecule has 0 bridgehead atoms. The number of aryl methyl sites for hydroxylation is 1. The molecule has 96 valence electrons. The monoisotopic (exact) mass is 248 g/mol. The van der Waals surface area contributed by atoms with Crippen LogP contribution in [0.1, 0.15) is 27.5 Å². The van der Waals surface area contributed by atoms with E-state index < -0.39 is 0 Å². The molecule has 2 rings (SSSR count). The van der Waals surface area contributed by atoms with E-state index in [4.69, 9.17) is 4.42 Å². The highest BCUT2D eigenvalue weighted by molar-refractivity contribution is 5.95. The van der Waals surface area contributed by atoms with Crippen molar-refractivity contribution < 1.29 is 14.0 Å². The molecule has 5 nitrogen and oxygen atoms in total.